The molecule has 0 unspecified atom stereocenters. The number of rotatable bonds is 3. The van der Waals surface area contributed by atoms with Gasteiger partial charge in [-0.2, -0.15) is 13.2 Å². The third-order valence-electron chi connectivity index (χ3n) is 2.20. The lowest BCUT2D eigenvalue weighted by atomic mass is 10.1. The molecule has 104 valence electrons. The summed E-state index contributed by atoms with van der Waals surface area (Å²) >= 11 is 0. The highest BCUT2D eigenvalue weighted by Crippen LogP contribution is 2.33. The summed E-state index contributed by atoms with van der Waals surface area (Å²) in [4.78, 5) is -0.707. The molecule has 0 fully saturated rings. The quantitative estimate of drug-likeness (QED) is 0.873. The van der Waals surface area contributed by atoms with E-state index in [4.69, 9.17) is 5.73 Å². The molecule has 3 nitrogen and oxygen atoms in total. The summed E-state index contributed by atoms with van der Waals surface area (Å²) in [5.74, 6) is 0. The molecule has 0 heterocycles. The van der Waals surface area contributed by atoms with Gasteiger partial charge in [0.15, 0.2) is 0 Å². The Balaban J connectivity index is 0.00000289. The summed E-state index contributed by atoms with van der Waals surface area (Å²) in [5.41, 5.74) is 0.495. The summed E-state index contributed by atoms with van der Waals surface area (Å²) in [6.07, 6.45) is 0.763. The molecule has 0 aliphatic carbocycles. The van der Waals surface area contributed by atoms with Crippen molar-refractivity contribution in [1.82, 2.24) is 0 Å². The molecule has 1 aromatic carbocycles. The van der Waals surface area contributed by atoms with Gasteiger partial charge in [-0.1, -0.05) is 13.3 Å². The number of anilines is 1. The average molecular weight is 304 g/mol. The second kappa shape index (κ2) is 5.79. The van der Waals surface area contributed by atoms with Gasteiger partial charge < -0.3 is 5.73 Å². The maximum absolute atomic E-state index is 12.4. The predicted molar refractivity (Wildman–Crippen MR) is 65.3 cm³/mol. The molecule has 0 amide bonds. The van der Waals surface area contributed by atoms with Gasteiger partial charge in [0.25, 0.3) is 9.84 Å². The summed E-state index contributed by atoms with van der Waals surface area (Å²) in [6.45, 7) is 1.74. The maximum Gasteiger partial charge on any atom is 0.501 e. The van der Waals surface area contributed by atoms with Crippen molar-refractivity contribution < 1.29 is 21.6 Å². The van der Waals surface area contributed by atoms with Crippen molar-refractivity contribution in [2.24, 2.45) is 0 Å². The molecule has 0 bridgehead atoms. The van der Waals surface area contributed by atoms with E-state index in [1.165, 1.54) is 6.07 Å². The largest absolute Gasteiger partial charge is 0.501 e. The standard InChI is InChI=1S/C10H12F3NO2S.ClH/c1-2-3-7-6-8(14)4-5-9(7)17(15,16)10(11,12)13;/h4-6H,2-3,14H2,1H3;1H. The lowest BCUT2D eigenvalue weighted by molar-refractivity contribution is -0.0436. The van der Waals surface area contributed by atoms with Crippen LogP contribution >= 0.6 is 12.4 Å². The van der Waals surface area contributed by atoms with Crippen LogP contribution in [0.2, 0.25) is 0 Å². The van der Waals surface area contributed by atoms with Crippen molar-refractivity contribution >= 4 is 27.9 Å². The van der Waals surface area contributed by atoms with Crippen LogP contribution in [0, 0.1) is 0 Å². The van der Waals surface area contributed by atoms with Gasteiger partial charge in [0.05, 0.1) is 4.90 Å². The molecule has 0 radical (unpaired) electrons. The minimum Gasteiger partial charge on any atom is -0.399 e. The van der Waals surface area contributed by atoms with Crippen molar-refractivity contribution in [2.45, 2.75) is 30.2 Å². The zero-order valence-electron chi connectivity index (χ0n) is 9.49. The predicted octanol–water partition coefficient (Wildman–Crippen LogP) is 2.94. The number of hydrogen-bond donors (Lipinski definition) is 1. The van der Waals surface area contributed by atoms with E-state index in [0.717, 1.165) is 12.1 Å². The molecule has 2 N–H and O–H groups in total. The van der Waals surface area contributed by atoms with Gasteiger partial charge in [-0.25, -0.2) is 8.42 Å². The van der Waals surface area contributed by atoms with Gasteiger partial charge in [0.1, 0.15) is 0 Å². The van der Waals surface area contributed by atoms with Gasteiger partial charge in [-0.15, -0.1) is 12.4 Å². The highest BCUT2D eigenvalue weighted by molar-refractivity contribution is 7.92. The fraction of sp³-hybridized carbons (Fsp3) is 0.400. The van der Waals surface area contributed by atoms with E-state index in [1.54, 1.807) is 6.92 Å². The molecular weight excluding hydrogens is 291 g/mol. The lowest BCUT2D eigenvalue weighted by Crippen LogP contribution is -2.24. The molecule has 0 spiro atoms. The van der Waals surface area contributed by atoms with Gasteiger partial charge in [-0.3, -0.25) is 0 Å². The summed E-state index contributed by atoms with van der Waals surface area (Å²) in [7, 11) is -5.30. The van der Waals surface area contributed by atoms with Crippen molar-refractivity contribution in [2.75, 3.05) is 5.73 Å². The Hall–Kier alpha value is -0.950. The first-order chi connectivity index (χ1) is 7.70. The molecule has 1 rings (SSSR count). The number of benzene rings is 1. The monoisotopic (exact) mass is 303 g/mol. The zero-order valence-corrected chi connectivity index (χ0v) is 11.1. The number of alkyl halides is 3. The molecule has 0 saturated carbocycles. The minimum absolute atomic E-state index is 0. The van der Waals surface area contributed by atoms with Crippen LogP contribution in [-0.4, -0.2) is 13.9 Å². The Morgan fingerprint density at radius 2 is 1.83 bits per heavy atom. The smallest absolute Gasteiger partial charge is 0.399 e. The topological polar surface area (TPSA) is 60.2 Å². The highest BCUT2D eigenvalue weighted by Gasteiger charge is 2.47. The molecule has 0 aliphatic heterocycles. The van der Waals surface area contributed by atoms with Crippen LogP contribution in [0.1, 0.15) is 18.9 Å². The SMILES string of the molecule is CCCc1cc(N)ccc1S(=O)(=O)C(F)(F)F.Cl. The van der Waals surface area contributed by atoms with E-state index in [2.05, 4.69) is 0 Å². The summed E-state index contributed by atoms with van der Waals surface area (Å²) in [6, 6.07) is 3.32. The van der Waals surface area contributed by atoms with Crippen molar-refractivity contribution in [3.8, 4) is 0 Å². The Morgan fingerprint density at radius 1 is 1.28 bits per heavy atom. The molecule has 1 aromatic rings. The number of aryl methyl sites for hydroxylation is 1. The van der Waals surface area contributed by atoms with Crippen LogP contribution in [0.4, 0.5) is 18.9 Å². The molecule has 0 aliphatic rings. The van der Waals surface area contributed by atoms with E-state index in [-0.39, 0.29) is 30.1 Å². The number of hydrogen-bond acceptors (Lipinski definition) is 3. The third-order valence-corrected chi connectivity index (χ3v) is 3.78. The molecule has 0 aromatic heterocycles. The Labute approximate surface area is 110 Å². The van der Waals surface area contributed by atoms with Crippen LogP contribution in [-0.2, 0) is 16.3 Å². The summed E-state index contributed by atoms with van der Waals surface area (Å²) in [5, 5.41) is 0. The second-order valence-electron chi connectivity index (χ2n) is 3.57. The van der Waals surface area contributed by atoms with Crippen molar-refractivity contribution in [3.05, 3.63) is 23.8 Å². The summed E-state index contributed by atoms with van der Waals surface area (Å²) < 4.78 is 59.9. The van der Waals surface area contributed by atoms with Crippen LogP contribution in [0.3, 0.4) is 0 Å². The minimum atomic E-state index is -5.30. The van der Waals surface area contributed by atoms with Gasteiger partial charge in [-0.05, 0) is 30.2 Å². The number of nitrogen functional groups attached to an aromatic ring is 1. The fourth-order valence-electron chi connectivity index (χ4n) is 1.45. The van der Waals surface area contributed by atoms with E-state index in [0.29, 0.717) is 6.42 Å². The molecular formula is C10H13ClF3NO2S. The average Bonchev–Trinajstić information content (AvgIpc) is 2.16. The molecule has 0 saturated heterocycles. The van der Waals surface area contributed by atoms with E-state index in [1.807, 2.05) is 0 Å². The maximum atomic E-state index is 12.4. The van der Waals surface area contributed by atoms with Crippen LogP contribution in [0.15, 0.2) is 23.1 Å². The van der Waals surface area contributed by atoms with E-state index in [9.17, 15) is 21.6 Å². The van der Waals surface area contributed by atoms with Crippen LogP contribution < -0.4 is 5.73 Å². The molecule has 18 heavy (non-hydrogen) atoms. The zero-order chi connectivity index (χ0) is 13.3. The normalized spacial score (nSPS) is 12.0. The number of halogens is 4. The Morgan fingerprint density at radius 3 is 2.28 bits per heavy atom. The Bertz CT molecular complexity index is 514. The second-order valence-corrected chi connectivity index (χ2v) is 5.48. The number of nitrogens with two attached hydrogens (primary N) is 1. The van der Waals surface area contributed by atoms with Crippen LogP contribution in [0.25, 0.3) is 0 Å². The first kappa shape index (κ1) is 17.1. The van der Waals surface area contributed by atoms with Crippen molar-refractivity contribution in [3.63, 3.8) is 0 Å². The van der Waals surface area contributed by atoms with Gasteiger partial charge in [0, 0.05) is 5.69 Å². The van der Waals surface area contributed by atoms with E-state index < -0.39 is 20.2 Å². The third kappa shape index (κ3) is 3.29. The first-order valence-electron chi connectivity index (χ1n) is 4.90. The highest BCUT2D eigenvalue weighted by atomic mass is 35.5. The van der Waals surface area contributed by atoms with Gasteiger partial charge in [0.2, 0.25) is 0 Å². The molecule has 0 atom stereocenters. The van der Waals surface area contributed by atoms with E-state index >= 15 is 0 Å². The van der Waals surface area contributed by atoms with Crippen LogP contribution in [0.5, 0.6) is 0 Å². The van der Waals surface area contributed by atoms with Crippen molar-refractivity contribution in [1.29, 1.82) is 0 Å². The number of sulfone groups is 1. The Kier molecular flexibility index (Phi) is 5.49. The molecule has 8 heteroatoms. The van der Waals surface area contributed by atoms with Gasteiger partial charge >= 0.3 is 5.51 Å². The first-order valence-corrected chi connectivity index (χ1v) is 6.38. The lowest BCUT2D eigenvalue weighted by Gasteiger charge is -2.12. The fourth-order valence-corrected chi connectivity index (χ4v) is 2.45.